The van der Waals surface area contributed by atoms with E-state index in [9.17, 15) is 4.79 Å². The van der Waals surface area contributed by atoms with Gasteiger partial charge in [0.2, 0.25) is 5.91 Å². The second kappa shape index (κ2) is 7.76. The molecule has 1 amide bonds. The van der Waals surface area contributed by atoms with Crippen molar-refractivity contribution >= 4 is 11.7 Å². The smallest absolute Gasteiger partial charge is 0.223 e. The number of anilines is 1. The molecular weight excluding hydrogens is 280 g/mol. The molecule has 1 aromatic heterocycles. The van der Waals surface area contributed by atoms with Crippen molar-refractivity contribution < 1.29 is 9.53 Å². The van der Waals surface area contributed by atoms with Crippen molar-refractivity contribution in [3.8, 4) is 6.07 Å². The quantitative estimate of drug-likeness (QED) is 0.887. The van der Waals surface area contributed by atoms with Gasteiger partial charge < -0.3 is 15.0 Å². The number of pyridine rings is 1. The fraction of sp³-hybridized carbons (Fsp3) is 0.562. The maximum absolute atomic E-state index is 12.1. The van der Waals surface area contributed by atoms with E-state index in [4.69, 9.17) is 10.00 Å². The molecule has 2 heterocycles. The first-order valence-electron chi connectivity index (χ1n) is 7.55. The molecule has 1 saturated heterocycles. The van der Waals surface area contributed by atoms with Gasteiger partial charge in [-0.25, -0.2) is 4.98 Å². The molecule has 0 aliphatic carbocycles. The Balaban J connectivity index is 1.82. The van der Waals surface area contributed by atoms with Gasteiger partial charge in [0.25, 0.3) is 0 Å². The Bertz CT molecular complexity index is 530. The Labute approximate surface area is 131 Å². The number of hydrogen-bond acceptors (Lipinski definition) is 5. The van der Waals surface area contributed by atoms with Crippen LogP contribution in [0.1, 0.15) is 25.3 Å². The Morgan fingerprint density at radius 3 is 2.82 bits per heavy atom. The number of ether oxygens (including phenoxy) is 1. The van der Waals surface area contributed by atoms with Gasteiger partial charge in [-0.2, -0.15) is 5.26 Å². The van der Waals surface area contributed by atoms with Gasteiger partial charge in [0.05, 0.1) is 11.7 Å². The van der Waals surface area contributed by atoms with Gasteiger partial charge in [-0.1, -0.05) is 0 Å². The third-order valence-electron chi connectivity index (χ3n) is 4.03. The summed E-state index contributed by atoms with van der Waals surface area (Å²) in [6, 6.07) is 5.69. The molecule has 2 rings (SSSR count). The monoisotopic (exact) mass is 302 g/mol. The Kier molecular flexibility index (Phi) is 5.73. The highest BCUT2D eigenvalue weighted by atomic mass is 16.5. The summed E-state index contributed by atoms with van der Waals surface area (Å²) in [6.07, 6.45) is 3.25. The molecule has 0 bridgehead atoms. The molecule has 1 fully saturated rings. The number of nitriles is 1. The minimum Gasteiger partial charge on any atom is -0.380 e. The minimum absolute atomic E-state index is 0.0342. The number of nitrogens with zero attached hydrogens (tertiary/aromatic N) is 3. The zero-order valence-electron chi connectivity index (χ0n) is 13.1. The maximum atomic E-state index is 12.1. The van der Waals surface area contributed by atoms with Crippen LogP contribution in [-0.2, 0) is 9.53 Å². The van der Waals surface area contributed by atoms with Crippen molar-refractivity contribution in [2.45, 2.75) is 25.9 Å². The molecular formula is C16H22N4O2. The first-order chi connectivity index (χ1) is 10.6. The van der Waals surface area contributed by atoms with E-state index in [0.29, 0.717) is 12.1 Å². The number of amides is 1. The highest BCUT2D eigenvalue weighted by Gasteiger charge is 2.25. The summed E-state index contributed by atoms with van der Waals surface area (Å²) in [7, 11) is 1.64. The van der Waals surface area contributed by atoms with Crippen LogP contribution in [0.4, 0.5) is 5.82 Å². The van der Waals surface area contributed by atoms with E-state index in [0.717, 1.165) is 31.7 Å². The van der Waals surface area contributed by atoms with Gasteiger partial charge in [-0.15, -0.1) is 0 Å². The number of methoxy groups -OCH3 is 1. The molecule has 1 aromatic rings. The minimum atomic E-state index is 0.0342. The summed E-state index contributed by atoms with van der Waals surface area (Å²) in [5.74, 6) is 1.03. The van der Waals surface area contributed by atoms with Crippen molar-refractivity contribution in [2.24, 2.45) is 5.92 Å². The molecule has 0 spiro atoms. The van der Waals surface area contributed by atoms with Crippen LogP contribution in [0.5, 0.6) is 0 Å². The molecule has 0 aromatic carbocycles. The summed E-state index contributed by atoms with van der Waals surface area (Å²) in [6.45, 7) is 4.08. The first kappa shape index (κ1) is 16.2. The average molecular weight is 302 g/mol. The van der Waals surface area contributed by atoms with Gasteiger partial charge in [0.1, 0.15) is 11.9 Å². The summed E-state index contributed by atoms with van der Waals surface area (Å²) in [5.41, 5.74) is 0.560. The first-order valence-corrected chi connectivity index (χ1v) is 7.55. The Morgan fingerprint density at radius 1 is 1.55 bits per heavy atom. The molecule has 1 aliphatic rings. The Morgan fingerprint density at radius 2 is 2.27 bits per heavy atom. The predicted molar refractivity (Wildman–Crippen MR) is 83.4 cm³/mol. The van der Waals surface area contributed by atoms with Crippen LogP contribution >= 0.6 is 0 Å². The van der Waals surface area contributed by atoms with Gasteiger partial charge in [-0.3, -0.25) is 4.79 Å². The summed E-state index contributed by atoms with van der Waals surface area (Å²) in [4.78, 5) is 18.6. The van der Waals surface area contributed by atoms with Gasteiger partial charge >= 0.3 is 0 Å². The van der Waals surface area contributed by atoms with Crippen molar-refractivity contribution in [1.29, 1.82) is 5.26 Å². The highest BCUT2D eigenvalue weighted by Crippen LogP contribution is 2.22. The molecule has 118 valence electrons. The zero-order chi connectivity index (χ0) is 15.9. The van der Waals surface area contributed by atoms with E-state index in [-0.39, 0.29) is 17.9 Å². The van der Waals surface area contributed by atoms with Crippen molar-refractivity contribution in [3.63, 3.8) is 0 Å². The normalized spacial score (nSPS) is 16.9. The molecule has 1 unspecified atom stereocenters. The molecule has 6 nitrogen and oxygen atoms in total. The van der Waals surface area contributed by atoms with Crippen LogP contribution in [0.2, 0.25) is 0 Å². The van der Waals surface area contributed by atoms with Crippen LogP contribution in [0.25, 0.3) is 0 Å². The number of hydrogen-bond donors (Lipinski definition) is 1. The van der Waals surface area contributed by atoms with E-state index >= 15 is 0 Å². The SMILES string of the molecule is COC(C)CNC(=O)C1CCN(c2ccc(C#N)cn2)CC1. The third-order valence-corrected chi connectivity index (χ3v) is 4.03. The summed E-state index contributed by atoms with van der Waals surface area (Å²) >= 11 is 0. The second-order valence-corrected chi connectivity index (χ2v) is 5.57. The lowest BCUT2D eigenvalue weighted by atomic mass is 9.96. The molecule has 1 aliphatic heterocycles. The van der Waals surface area contributed by atoms with Gasteiger partial charge in [0.15, 0.2) is 0 Å². The van der Waals surface area contributed by atoms with E-state index in [2.05, 4.69) is 21.3 Å². The number of piperidine rings is 1. The van der Waals surface area contributed by atoms with E-state index in [1.165, 1.54) is 0 Å². The fourth-order valence-electron chi connectivity index (χ4n) is 2.48. The molecule has 1 N–H and O–H groups in total. The highest BCUT2D eigenvalue weighted by molar-refractivity contribution is 5.79. The average Bonchev–Trinajstić information content (AvgIpc) is 2.59. The lowest BCUT2D eigenvalue weighted by Crippen LogP contribution is -2.42. The zero-order valence-corrected chi connectivity index (χ0v) is 13.1. The Hall–Kier alpha value is -2.13. The van der Waals surface area contributed by atoms with E-state index in [1.807, 2.05) is 13.0 Å². The number of rotatable bonds is 5. The molecule has 0 saturated carbocycles. The third kappa shape index (κ3) is 4.18. The molecule has 22 heavy (non-hydrogen) atoms. The van der Waals surface area contributed by atoms with E-state index < -0.39 is 0 Å². The molecule has 1 atom stereocenters. The van der Waals surface area contributed by atoms with Gasteiger partial charge in [0, 0.05) is 38.9 Å². The second-order valence-electron chi connectivity index (χ2n) is 5.57. The van der Waals surface area contributed by atoms with Crippen molar-refractivity contribution in [3.05, 3.63) is 23.9 Å². The predicted octanol–water partition coefficient (Wildman–Crippen LogP) is 1.32. The molecule has 6 heteroatoms. The van der Waals surface area contributed by atoms with Crippen LogP contribution in [0.3, 0.4) is 0 Å². The van der Waals surface area contributed by atoms with E-state index in [1.54, 1.807) is 19.4 Å². The number of carbonyl (C=O) groups excluding carboxylic acids is 1. The fourth-order valence-corrected chi connectivity index (χ4v) is 2.48. The summed E-state index contributed by atoms with van der Waals surface area (Å²) < 4.78 is 5.13. The van der Waals surface area contributed by atoms with Crippen LogP contribution in [0, 0.1) is 17.2 Å². The van der Waals surface area contributed by atoms with Gasteiger partial charge in [-0.05, 0) is 31.9 Å². The lowest BCUT2D eigenvalue weighted by Gasteiger charge is -2.32. The number of aromatic nitrogens is 1. The van der Waals surface area contributed by atoms with Crippen LogP contribution in [0.15, 0.2) is 18.3 Å². The van der Waals surface area contributed by atoms with Crippen LogP contribution < -0.4 is 10.2 Å². The standard InChI is InChI=1S/C16H22N4O2/c1-12(22-2)10-19-16(21)14-5-7-20(8-6-14)15-4-3-13(9-17)11-18-15/h3-4,11-12,14H,5-8,10H2,1-2H3,(H,19,21). The summed E-state index contributed by atoms with van der Waals surface area (Å²) in [5, 5.41) is 11.7. The number of nitrogens with one attached hydrogen (secondary N) is 1. The van der Waals surface area contributed by atoms with Crippen molar-refractivity contribution in [2.75, 3.05) is 31.6 Å². The van der Waals surface area contributed by atoms with Crippen LogP contribution in [-0.4, -0.2) is 43.7 Å². The maximum Gasteiger partial charge on any atom is 0.223 e. The van der Waals surface area contributed by atoms with Crippen molar-refractivity contribution in [1.82, 2.24) is 10.3 Å². The largest absolute Gasteiger partial charge is 0.380 e. The molecule has 0 radical (unpaired) electrons. The lowest BCUT2D eigenvalue weighted by molar-refractivity contribution is -0.126. The topological polar surface area (TPSA) is 78.2 Å². The number of carbonyl (C=O) groups is 1.